The molecule has 0 radical (unpaired) electrons. The number of rotatable bonds is 3. The summed E-state index contributed by atoms with van der Waals surface area (Å²) in [6.45, 7) is 4.06. The van der Waals surface area contributed by atoms with Crippen molar-refractivity contribution in [3.63, 3.8) is 0 Å². The molecule has 0 spiro atoms. The number of carbonyl (C=O) groups is 1. The van der Waals surface area contributed by atoms with Crippen LogP contribution in [0.4, 0.5) is 16.2 Å². The molecule has 0 aliphatic rings. The third kappa shape index (κ3) is 3.67. The Labute approximate surface area is 157 Å². The number of nitrogens with one attached hydrogen (secondary N) is 2. The van der Waals surface area contributed by atoms with Crippen molar-refractivity contribution in [1.29, 1.82) is 0 Å². The van der Waals surface area contributed by atoms with E-state index in [0.29, 0.717) is 0 Å². The van der Waals surface area contributed by atoms with Gasteiger partial charge in [-0.05, 0) is 49.7 Å². The summed E-state index contributed by atoms with van der Waals surface area (Å²) in [7, 11) is 0. The van der Waals surface area contributed by atoms with E-state index in [0.717, 1.165) is 39.4 Å². The Kier molecular flexibility index (Phi) is 4.34. The number of anilines is 2. The maximum absolute atomic E-state index is 12.1. The molecule has 2 heterocycles. The van der Waals surface area contributed by atoms with Crippen LogP contribution in [0.15, 0.2) is 73.1 Å². The summed E-state index contributed by atoms with van der Waals surface area (Å²) in [5.74, 6) is 0. The Hall–Kier alpha value is -3.60. The van der Waals surface area contributed by atoms with Crippen LogP contribution in [0.1, 0.15) is 11.1 Å². The minimum absolute atomic E-state index is 0.269. The molecule has 4 rings (SSSR count). The van der Waals surface area contributed by atoms with E-state index >= 15 is 0 Å². The molecule has 0 saturated carbocycles. The number of amides is 2. The fourth-order valence-electron chi connectivity index (χ4n) is 2.95. The Morgan fingerprint density at radius 2 is 1.52 bits per heavy atom. The Bertz CT molecular complexity index is 1100. The molecule has 2 aromatic carbocycles. The zero-order valence-electron chi connectivity index (χ0n) is 15.2. The lowest BCUT2D eigenvalue weighted by molar-refractivity contribution is 0.262. The molecule has 2 N–H and O–H groups in total. The van der Waals surface area contributed by atoms with Crippen molar-refractivity contribution < 1.29 is 4.79 Å². The maximum atomic E-state index is 12.1. The topological polar surface area (TPSA) is 58.4 Å². The van der Waals surface area contributed by atoms with Gasteiger partial charge in [-0.1, -0.05) is 35.9 Å². The minimum atomic E-state index is -0.269. The second-order valence-electron chi connectivity index (χ2n) is 6.57. The van der Waals surface area contributed by atoms with E-state index < -0.39 is 0 Å². The van der Waals surface area contributed by atoms with E-state index in [2.05, 4.69) is 10.6 Å². The lowest BCUT2D eigenvalue weighted by atomic mass is 10.1. The SMILES string of the molecule is Cc1ccc(NC(=O)Nc2ccc(-c3cn4cccc(C)c4n3)cc2)cc1. The summed E-state index contributed by atoms with van der Waals surface area (Å²) in [6.07, 6.45) is 4.00. The summed E-state index contributed by atoms with van der Waals surface area (Å²) >= 11 is 0. The van der Waals surface area contributed by atoms with Crippen molar-refractivity contribution >= 4 is 23.1 Å². The van der Waals surface area contributed by atoms with Gasteiger partial charge in [0.25, 0.3) is 0 Å². The predicted octanol–water partition coefficient (Wildman–Crippen LogP) is 5.26. The second-order valence-corrected chi connectivity index (χ2v) is 6.57. The van der Waals surface area contributed by atoms with Crippen LogP contribution >= 0.6 is 0 Å². The molecule has 134 valence electrons. The minimum Gasteiger partial charge on any atom is -0.308 e. The van der Waals surface area contributed by atoms with Crippen LogP contribution < -0.4 is 10.6 Å². The molecule has 2 amide bonds. The molecule has 0 unspecified atom stereocenters. The first-order valence-corrected chi connectivity index (χ1v) is 8.78. The molecule has 4 aromatic rings. The summed E-state index contributed by atoms with van der Waals surface area (Å²) in [5.41, 5.74) is 6.63. The smallest absolute Gasteiger partial charge is 0.308 e. The van der Waals surface area contributed by atoms with Crippen LogP contribution in [0.5, 0.6) is 0 Å². The number of carbonyl (C=O) groups excluding carboxylic acids is 1. The van der Waals surface area contributed by atoms with Gasteiger partial charge in [0.15, 0.2) is 0 Å². The zero-order valence-corrected chi connectivity index (χ0v) is 15.2. The molecule has 27 heavy (non-hydrogen) atoms. The van der Waals surface area contributed by atoms with Crippen molar-refractivity contribution in [3.8, 4) is 11.3 Å². The van der Waals surface area contributed by atoms with Crippen molar-refractivity contribution in [2.24, 2.45) is 0 Å². The van der Waals surface area contributed by atoms with E-state index in [9.17, 15) is 4.79 Å². The Morgan fingerprint density at radius 3 is 2.15 bits per heavy atom. The van der Waals surface area contributed by atoms with Crippen molar-refractivity contribution in [3.05, 3.63) is 84.2 Å². The monoisotopic (exact) mass is 356 g/mol. The van der Waals surface area contributed by atoms with Crippen LogP contribution in [-0.4, -0.2) is 15.4 Å². The van der Waals surface area contributed by atoms with Gasteiger partial charge in [0, 0.05) is 29.3 Å². The normalized spacial score (nSPS) is 10.7. The fourth-order valence-corrected chi connectivity index (χ4v) is 2.95. The number of hydrogen-bond donors (Lipinski definition) is 2. The second kappa shape index (κ2) is 6.96. The molecular weight excluding hydrogens is 336 g/mol. The highest BCUT2D eigenvalue weighted by Crippen LogP contribution is 2.22. The summed E-state index contributed by atoms with van der Waals surface area (Å²) in [4.78, 5) is 16.8. The third-order valence-electron chi connectivity index (χ3n) is 4.43. The number of pyridine rings is 1. The van der Waals surface area contributed by atoms with Crippen molar-refractivity contribution in [2.75, 3.05) is 10.6 Å². The number of aromatic nitrogens is 2. The molecule has 5 heteroatoms. The summed E-state index contributed by atoms with van der Waals surface area (Å²) in [5, 5.41) is 5.67. The summed E-state index contributed by atoms with van der Waals surface area (Å²) in [6, 6.07) is 19.1. The van der Waals surface area contributed by atoms with Gasteiger partial charge in [-0.2, -0.15) is 0 Å². The van der Waals surface area contributed by atoms with Gasteiger partial charge in [0.05, 0.1) is 5.69 Å². The Morgan fingerprint density at radius 1 is 0.889 bits per heavy atom. The molecule has 0 saturated heterocycles. The Balaban J connectivity index is 1.47. The highest BCUT2D eigenvalue weighted by Gasteiger charge is 2.07. The van der Waals surface area contributed by atoms with Crippen LogP contribution in [-0.2, 0) is 0 Å². The van der Waals surface area contributed by atoms with Gasteiger partial charge in [-0.25, -0.2) is 9.78 Å². The molecular formula is C22H20N4O. The average Bonchev–Trinajstić information content (AvgIpc) is 3.10. The number of hydrogen-bond acceptors (Lipinski definition) is 2. The lowest BCUT2D eigenvalue weighted by Gasteiger charge is -2.08. The number of fused-ring (bicyclic) bond motifs is 1. The molecule has 2 aromatic heterocycles. The molecule has 0 aliphatic heterocycles. The first-order valence-electron chi connectivity index (χ1n) is 8.78. The first-order chi connectivity index (χ1) is 13.1. The third-order valence-corrected chi connectivity index (χ3v) is 4.43. The van der Waals surface area contributed by atoms with E-state index in [1.54, 1.807) is 0 Å². The number of aryl methyl sites for hydroxylation is 2. The van der Waals surface area contributed by atoms with Gasteiger partial charge in [0.1, 0.15) is 5.65 Å². The number of nitrogens with zero attached hydrogens (tertiary/aromatic N) is 2. The lowest BCUT2D eigenvalue weighted by Crippen LogP contribution is -2.19. The largest absolute Gasteiger partial charge is 0.323 e. The molecule has 0 bridgehead atoms. The number of benzene rings is 2. The first kappa shape index (κ1) is 16.8. The van der Waals surface area contributed by atoms with Crippen LogP contribution in [0, 0.1) is 13.8 Å². The molecule has 5 nitrogen and oxygen atoms in total. The zero-order chi connectivity index (χ0) is 18.8. The van der Waals surface area contributed by atoms with Gasteiger partial charge < -0.3 is 15.0 Å². The maximum Gasteiger partial charge on any atom is 0.323 e. The van der Waals surface area contributed by atoms with Gasteiger partial charge in [-0.15, -0.1) is 0 Å². The van der Waals surface area contributed by atoms with E-state index in [1.165, 1.54) is 0 Å². The molecule has 0 atom stereocenters. The van der Waals surface area contributed by atoms with Crippen LogP contribution in [0.3, 0.4) is 0 Å². The van der Waals surface area contributed by atoms with Crippen LogP contribution in [0.25, 0.3) is 16.9 Å². The van der Waals surface area contributed by atoms with E-state index in [4.69, 9.17) is 4.98 Å². The number of imidazole rings is 1. The predicted molar refractivity (Wildman–Crippen MR) is 109 cm³/mol. The van der Waals surface area contributed by atoms with Gasteiger partial charge in [0.2, 0.25) is 0 Å². The number of urea groups is 1. The highest BCUT2D eigenvalue weighted by atomic mass is 16.2. The van der Waals surface area contributed by atoms with Gasteiger partial charge in [-0.3, -0.25) is 0 Å². The fraction of sp³-hybridized carbons (Fsp3) is 0.0909. The van der Waals surface area contributed by atoms with E-state index in [-0.39, 0.29) is 6.03 Å². The standard InChI is InChI=1S/C22H20N4O/c1-15-5-9-18(10-6-15)23-22(27)24-19-11-7-17(8-12-19)20-14-26-13-3-4-16(2)21(26)25-20/h3-14H,1-2H3,(H2,23,24,27). The summed E-state index contributed by atoms with van der Waals surface area (Å²) < 4.78 is 2.02. The average molecular weight is 356 g/mol. The van der Waals surface area contributed by atoms with Crippen LogP contribution in [0.2, 0.25) is 0 Å². The van der Waals surface area contributed by atoms with Crippen molar-refractivity contribution in [2.45, 2.75) is 13.8 Å². The molecule has 0 aliphatic carbocycles. The molecule has 0 fully saturated rings. The highest BCUT2D eigenvalue weighted by molar-refractivity contribution is 5.99. The van der Waals surface area contributed by atoms with Gasteiger partial charge >= 0.3 is 6.03 Å². The quantitative estimate of drug-likeness (QED) is 0.526. The van der Waals surface area contributed by atoms with E-state index in [1.807, 2.05) is 91.3 Å². The van der Waals surface area contributed by atoms with Crippen molar-refractivity contribution in [1.82, 2.24) is 9.38 Å².